The zero-order valence-corrected chi connectivity index (χ0v) is 12.6. The van der Waals surface area contributed by atoms with Crippen molar-refractivity contribution >= 4 is 0 Å². The summed E-state index contributed by atoms with van der Waals surface area (Å²) in [5.74, 6) is 2.76. The van der Waals surface area contributed by atoms with Gasteiger partial charge in [-0.1, -0.05) is 24.2 Å². The van der Waals surface area contributed by atoms with E-state index in [2.05, 4.69) is 22.0 Å². The molecule has 1 unspecified atom stereocenters. The monoisotopic (exact) mass is 287 g/mol. The molecular weight excluding hydrogens is 266 g/mol. The number of likely N-dealkylation sites (tertiary alicyclic amines) is 1. The van der Waals surface area contributed by atoms with Gasteiger partial charge in [-0.2, -0.15) is 4.98 Å². The fourth-order valence-corrected chi connectivity index (χ4v) is 2.79. The second-order valence-electron chi connectivity index (χ2n) is 5.46. The molecule has 0 aliphatic carbocycles. The second-order valence-corrected chi connectivity index (χ2v) is 5.46. The van der Waals surface area contributed by atoms with Gasteiger partial charge in [0.1, 0.15) is 5.75 Å². The Labute approximate surface area is 124 Å². The summed E-state index contributed by atoms with van der Waals surface area (Å²) in [6.45, 7) is 5.41. The Morgan fingerprint density at radius 2 is 2.33 bits per heavy atom. The van der Waals surface area contributed by atoms with Gasteiger partial charge in [0, 0.05) is 13.0 Å². The third-order valence-corrected chi connectivity index (χ3v) is 4.05. The molecule has 1 aromatic carbocycles. The fourth-order valence-electron chi connectivity index (χ4n) is 2.79. The molecule has 0 bridgehead atoms. The summed E-state index contributed by atoms with van der Waals surface area (Å²) in [5.41, 5.74) is 1.13. The van der Waals surface area contributed by atoms with Crippen LogP contribution in [-0.2, 0) is 6.42 Å². The van der Waals surface area contributed by atoms with E-state index in [1.54, 1.807) is 7.11 Å². The summed E-state index contributed by atoms with van der Waals surface area (Å²) in [4.78, 5) is 6.98. The molecule has 1 atom stereocenters. The molecule has 1 aromatic heterocycles. The van der Waals surface area contributed by atoms with Crippen molar-refractivity contribution in [1.82, 2.24) is 15.0 Å². The summed E-state index contributed by atoms with van der Waals surface area (Å²) in [5, 5.41) is 4.12. The van der Waals surface area contributed by atoms with Gasteiger partial charge in [-0.25, -0.2) is 0 Å². The number of methoxy groups -OCH3 is 1. The largest absolute Gasteiger partial charge is 0.497 e. The van der Waals surface area contributed by atoms with Gasteiger partial charge in [-0.05, 0) is 37.2 Å². The molecule has 2 aromatic rings. The van der Waals surface area contributed by atoms with Crippen molar-refractivity contribution in [3.8, 4) is 5.75 Å². The van der Waals surface area contributed by atoms with E-state index in [1.807, 2.05) is 24.3 Å². The van der Waals surface area contributed by atoms with Gasteiger partial charge >= 0.3 is 0 Å². The van der Waals surface area contributed by atoms with Gasteiger partial charge in [0.25, 0.3) is 0 Å². The molecular formula is C16H21N3O2. The van der Waals surface area contributed by atoms with E-state index < -0.39 is 0 Å². The Hall–Kier alpha value is -1.88. The zero-order valence-electron chi connectivity index (χ0n) is 12.6. The van der Waals surface area contributed by atoms with Gasteiger partial charge in [-0.3, -0.25) is 0 Å². The van der Waals surface area contributed by atoms with E-state index in [-0.39, 0.29) is 0 Å². The first-order valence-corrected chi connectivity index (χ1v) is 7.46. The number of aromatic nitrogens is 2. The number of hydrogen-bond acceptors (Lipinski definition) is 5. The van der Waals surface area contributed by atoms with Gasteiger partial charge in [0.2, 0.25) is 5.89 Å². The molecule has 0 amide bonds. The molecule has 112 valence electrons. The summed E-state index contributed by atoms with van der Waals surface area (Å²) in [6.07, 6.45) is 1.78. The molecule has 0 N–H and O–H groups in total. The summed E-state index contributed by atoms with van der Waals surface area (Å²) < 4.78 is 10.7. The minimum absolute atomic E-state index is 0.386. The first-order chi connectivity index (χ1) is 10.3. The van der Waals surface area contributed by atoms with Crippen LogP contribution in [0.2, 0.25) is 0 Å². The highest BCUT2D eigenvalue weighted by molar-refractivity contribution is 5.30. The third-order valence-electron chi connectivity index (χ3n) is 4.05. The average Bonchev–Trinajstić information content (AvgIpc) is 3.16. The Morgan fingerprint density at radius 3 is 3.10 bits per heavy atom. The number of nitrogens with zero attached hydrogens (tertiary/aromatic N) is 3. The Balaban J connectivity index is 1.67. The van der Waals surface area contributed by atoms with Crippen LogP contribution in [0.4, 0.5) is 0 Å². The lowest BCUT2D eigenvalue weighted by atomic mass is 10.1. The van der Waals surface area contributed by atoms with Crippen molar-refractivity contribution in [2.75, 3.05) is 26.7 Å². The van der Waals surface area contributed by atoms with E-state index in [0.717, 1.165) is 49.1 Å². The van der Waals surface area contributed by atoms with Gasteiger partial charge in [-0.15, -0.1) is 0 Å². The topological polar surface area (TPSA) is 51.4 Å². The highest BCUT2D eigenvalue weighted by atomic mass is 16.5. The molecule has 5 nitrogen and oxygen atoms in total. The molecule has 2 heterocycles. The van der Waals surface area contributed by atoms with Gasteiger partial charge < -0.3 is 14.2 Å². The summed E-state index contributed by atoms with van der Waals surface area (Å²) in [6, 6.07) is 7.96. The predicted molar refractivity (Wildman–Crippen MR) is 79.6 cm³/mol. The van der Waals surface area contributed by atoms with Crippen LogP contribution in [0.5, 0.6) is 5.75 Å². The maximum Gasteiger partial charge on any atom is 0.231 e. The maximum atomic E-state index is 5.45. The standard InChI is InChI=1S/C16H21N3O2/c1-3-19-8-7-13(11-19)16-17-15(18-21-16)10-12-5-4-6-14(9-12)20-2/h4-6,9,13H,3,7-8,10-11H2,1-2H3. The van der Waals surface area contributed by atoms with Crippen LogP contribution >= 0.6 is 0 Å². The van der Waals surface area contributed by atoms with Gasteiger partial charge in [0.15, 0.2) is 5.82 Å². The van der Waals surface area contributed by atoms with Crippen molar-refractivity contribution in [1.29, 1.82) is 0 Å². The van der Waals surface area contributed by atoms with E-state index in [1.165, 1.54) is 0 Å². The van der Waals surface area contributed by atoms with Crippen LogP contribution in [-0.4, -0.2) is 41.8 Å². The molecule has 3 rings (SSSR count). The first kappa shape index (κ1) is 14.1. The minimum Gasteiger partial charge on any atom is -0.497 e. The minimum atomic E-state index is 0.386. The first-order valence-electron chi connectivity index (χ1n) is 7.46. The lowest BCUT2D eigenvalue weighted by molar-refractivity contribution is 0.324. The number of hydrogen-bond donors (Lipinski definition) is 0. The van der Waals surface area contributed by atoms with Gasteiger partial charge in [0.05, 0.1) is 13.0 Å². The maximum absolute atomic E-state index is 5.45. The third kappa shape index (κ3) is 3.24. The lowest BCUT2D eigenvalue weighted by Crippen LogP contribution is -2.19. The van der Waals surface area contributed by atoms with Crippen LogP contribution < -0.4 is 4.74 Å². The van der Waals surface area contributed by atoms with E-state index in [9.17, 15) is 0 Å². The Bertz CT molecular complexity index is 597. The van der Waals surface area contributed by atoms with E-state index in [4.69, 9.17) is 9.26 Å². The number of likely N-dealkylation sites (N-methyl/N-ethyl adjacent to an activating group) is 1. The van der Waals surface area contributed by atoms with E-state index >= 15 is 0 Å². The summed E-state index contributed by atoms with van der Waals surface area (Å²) >= 11 is 0. The SMILES string of the molecule is CCN1CCC(c2nc(Cc3cccc(OC)c3)no2)C1. The second kappa shape index (κ2) is 6.26. The van der Waals surface area contributed by atoms with Crippen LogP contribution in [0.15, 0.2) is 28.8 Å². The van der Waals surface area contributed by atoms with Crippen LogP contribution in [0.1, 0.15) is 36.5 Å². The fraction of sp³-hybridized carbons (Fsp3) is 0.500. The molecule has 0 saturated carbocycles. The smallest absolute Gasteiger partial charge is 0.231 e. The van der Waals surface area contributed by atoms with Crippen LogP contribution in [0.3, 0.4) is 0 Å². The van der Waals surface area contributed by atoms with Crippen molar-refractivity contribution in [3.05, 3.63) is 41.5 Å². The molecule has 0 radical (unpaired) electrons. The highest BCUT2D eigenvalue weighted by Gasteiger charge is 2.27. The van der Waals surface area contributed by atoms with Crippen molar-refractivity contribution in [2.45, 2.75) is 25.7 Å². The van der Waals surface area contributed by atoms with Crippen molar-refractivity contribution in [2.24, 2.45) is 0 Å². The number of rotatable bonds is 5. The molecule has 1 fully saturated rings. The van der Waals surface area contributed by atoms with Crippen molar-refractivity contribution in [3.63, 3.8) is 0 Å². The Morgan fingerprint density at radius 1 is 1.43 bits per heavy atom. The number of ether oxygens (including phenoxy) is 1. The Kier molecular flexibility index (Phi) is 4.20. The van der Waals surface area contributed by atoms with Crippen molar-refractivity contribution < 1.29 is 9.26 Å². The quantitative estimate of drug-likeness (QED) is 0.845. The highest BCUT2D eigenvalue weighted by Crippen LogP contribution is 2.26. The summed E-state index contributed by atoms with van der Waals surface area (Å²) in [7, 11) is 1.67. The van der Waals surface area contributed by atoms with Crippen LogP contribution in [0, 0.1) is 0 Å². The zero-order chi connectivity index (χ0) is 14.7. The molecule has 1 aliphatic rings. The normalized spacial score (nSPS) is 19.0. The number of benzene rings is 1. The lowest BCUT2D eigenvalue weighted by Gasteiger charge is -2.10. The molecule has 21 heavy (non-hydrogen) atoms. The van der Waals surface area contributed by atoms with E-state index in [0.29, 0.717) is 12.3 Å². The average molecular weight is 287 g/mol. The molecule has 1 aliphatic heterocycles. The predicted octanol–water partition coefficient (Wildman–Crippen LogP) is 2.48. The molecule has 1 saturated heterocycles. The molecule has 0 spiro atoms. The van der Waals surface area contributed by atoms with Crippen LogP contribution in [0.25, 0.3) is 0 Å². The molecule has 5 heteroatoms.